The van der Waals surface area contributed by atoms with Gasteiger partial charge in [-0.1, -0.05) is 44.0 Å². The van der Waals surface area contributed by atoms with Gasteiger partial charge in [0.05, 0.1) is 12.0 Å². The maximum atomic E-state index is 9.53. The highest BCUT2D eigenvalue weighted by molar-refractivity contribution is 5.29. The molecular weight excluding hydrogens is 256 g/mol. The normalized spacial score (nSPS) is 29.6. The van der Waals surface area contributed by atoms with Crippen molar-refractivity contribution in [2.75, 3.05) is 6.54 Å². The fourth-order valence-corrected chi connectivity index (χ4v) is 4.26. The third-order valence-corrected chi connectivity index (χ3v) is 5.42. The van der Waals surface area contributed by atoms with E-state index in [2.05, 4.69) is 42.2 Å². The molecule has 1 heterocycles. The number of fused-ring (bicyclic) bond motifs is 1. The Balaban J connectivity index is 1.73. The van der Waals surface area contributed by atoms with E-state index < -0.39 is 0 Å². The van der Waals surface area contributed by atoms with Crippen LogP contribution in [0.3, 0.4) is 0 Å². The number of hydrogen-bond acceptors (Lipinski definition) is 2. The molecule has 21 heavy (non-hydrogen) atoms. The van der Waals surface area contributed by atoms with Gasteiger partial charge in [-0.15, -0.1) is 0 Å². The van der Waals surface area contributed by atoms with E-state index in [0.717, 1.165) is 31.8 Å². The van der Waals surface area contributed by atoms with Crippen LogP contribution in [-0.2, 0) is 13.0 Å². The number of nitrogens with zero attached hydrogens (tertiary/aromatic N) is 2. The van der Waals surface area contributed by atoms with Crippen LogP contribution >= 0.6 is 0 Å². The molecule has 0 bridgehead atoms. The minimum absolute atomic E-state index is 0.239. The third kappa shape index (κ3) is 3.14. The van der Waals surface area contributed by atoms with Crippen LogP contribution in [0.25, 0.3) is 0 Å². The maximum absolute atomic E-state index is 9.53. The minimum atomic E-state index is 0.239. The molecule has 1 aromatic carbocycles. The molecule has 1 aliphatic heterocycles. The molecule has 1 aliphatic carbocycles. The fourth-order valence-electron chi connectivity index (χ4n) is 4.26. The van der Waals surface area contributed by atoms with Crippen molar-refractivity contribution >= 4 is 0 Å². The molecule has 112 valence electrons. The first kappa shape index (κ1) is 14.6. The highest BCUT2D eigenvalue weighted by Gasteiger charge is 2.35. The van der Waals surface area contributed by atoms with Crippen molar-refractivity contribution in [2.24, 2.45) is 11.8 Å². The zero-order valence-corrected chi connectivity index (χ0v) is 13.1. The summed E-state index contributed by atoms with van der Waals surface area (Å²) in [6.07, 6.45) is 7.34. The molecule has 1 saturated carbocycles. The zero-order valence-electron chi connectivity index (χ0n) is 13.1. The zero-order chi connectivity index (χ0) is 14.7. The topological polar surface area (TPSA) is 27.0 Å². The molecule has 0 aromatic heterocycles. The summed E-state index contributed by atoms with van der Waals surface area (Å²) in [4.78, 5) is 2.60. The summed E-state index contributed by atoms with van der Waals surface area (Å²) in [5, 5.41) is 9.53. The molecule has 0 saturated heterocycles. The molecule has 2 aliphatic rings. The van der Waals surface area contributed by atoms with Gasteiger partial charge in [0.15, 0.2) is 0 Å². The lowest BCUT2D eigenvalue weighted by molar-refractivity contribution is 0.0865. The first-order valence-corrected chi connectivity index (χ1v) is 8.52. The summed E-state index contributed by atoms with van der Waals surface area (Å²) in [6.45, 7) is 4.44. The van der Waals surface area contributed by atoms with E-state index in [4.69, 9.17) is 0 Å². The highest BCUT2D eigenvalue weighted by atomic mass is 15.2. The summed E-state index contributed by atoms with van der Waals surface area (Å²) in [5.41, 5.74) is 2.97. The molecule has 3 rings (SSSR count). The lowest BCUT2D eigenvalue weighted by Gasteiger charge is -2.42. The van der Waals surface area contributed by atoms with Crippen molar-refractivity contribution in [3.63, 3.8) is 0 Å². The lowest BCUT2D eigenvalue weighted by Crippen LogP contribution is -2.46. The van der Waals surface area contributed by atoms with Crippen LogP contribution in [-0.4, -0.2) is 17.5 Å². The Morgan fingerprint density at radius 2 is 2.05 bits per heavy atom. The van der Waals surface area contributed by atoms with E-state index in [0.29, 0.717) is 6.04 Å². The molecule has 0 N–H and O–H groups in total. The molecule has 0 amide bonds. The van der Waals surface area contributed by atoms with E-state index in [1.165, 1.54) is 36.8 Å². The maximum Gasteiger partial charge on any atom is 0.0672 e. The second kappa shape index (κ2) is 6.62. The SMILES string of the molecule is CCCC1CCC(C#N)C(N2CCc3ccccc3C2)C1. The summed E-state index contributed by atoms with van der Waals surface area (Å²) in [6, 6.07) is 11.9. The van der Waals surface area contributed by atoms with Gasteiger partial charge in [0, 0.05) is 19.1 Å². The monoisotopic (exact) mass is 282 g/mol. The van der Waals surface area contributed by atoms with Gasteiger partial charge in [0.1, 0.15) is 0 Å². The predicted octanol–water partition coefficient (Wildman–Crippen LogP) is 4.15. The smallest absolute Gasteiger partial charge is 0.0672 e. The molecule has 1 aromatic rings. The van der Waals surface area contributed by atoms with Crippen LogP contribution in [0.1, 0.15) is 50.2 Å². The van der Waals surface area contributed by atoms with Crippen molar-refractivity contribution in [3.8, 4) is 6.07 Å². The standard InChI is InChI=1S/C19H26N2/c1-2-5-15-8-9-17(13-20)19(12-15)21-11-10-16-6-3-4-7-18(16)14-21/h3-4,6-7,15,17,19H,2,5,8-12,14H2,1H3. The number of rotatable bonds is 3. The highest BCUT2D eigenvalue weighted by Crippen LogP contribution is 2.36. The Morgan fingerprint density at radius 1 is 1.24 bits per heavy atom. The molecule has 3 atom stereocenters. The number of nitriles is 1. The van der Waals surface area contributed by atoms with Gasteiger partial charge < -0.3 is 0 Å². The summed E-state index contributed by atoms with van der Waals surface area (Å²) < 4.78 is 0. The van der Waals surface area contributed by atoms with Crippen molar-refractivity contribution < 1.29 is 0 Å². The molecule has 0 radical (unpaired) electrons. The second-order valence-corrected chi connectivity index (χ2v) is 6.76. The van der Waals surface area contributed by atoms with Gasteiger partial charge >= 0.3 is 0 Å². The molecule has 2 nitrogen and oxygen atoms in total. The Kier molecular flexibility index (Phi) is 4.60. The largest absolute Gasteiger partial charge is 0.294 e. The van der Waals surface area contributed by atoms with Gasteiger partial charge in [0.25, 0.3) is 0 Å². The quantitative estimate of drug-likeness (QED) is 0.832. The van der Waals surface area contributed by atoms with Crippen LogP contribution in [0, 0.1) is 23.2 Å². The molecule has 2 heteroatoms. The summed E-state index contributed by atoms with van der Waals surface area (Å²) in [7, 11) is 0. The minimum Gasteiger partial charge on any atom is -0.294 e. The summed E-state index contributed by atoms with van der Waals surface area (Å²) >= 11 is 0. The molecular formula is C19H26N2. The third-order valence-electron chi connectivity index (χ3n) is 5.42. The van der Waals surface area contributed by atoms with Crippen LogP contribution in [0.5, 0.6) is 0 Å². The first-order valence-electron chi connectivity index (χ1n) is 8.52. The van der Waals surface area contributed by atoms with E-state index >= 15 is 0 Å². The lowest BCUT2D eigenvalue weighted by atomic mass is 9.76. The van der Waals surface area contributed by atoms with Crippen molar-refractivity contribution in [1.82, 2.24) is 4.90 Å². The Morgan fingerprint density at radius 3 is 2.81 bits per heavy atom. The van der Waals surface area contributed by atoms with Crippen LogP contribution in [0.4, 0.5) is 0 Å². The van der Waals surface area contributed by atoms with Crippen LogP contribution in [0.15, 0.2) is 24.3 Å². The Hall–Kier alpha value is -1.33. The average Bonchev–Trinajstić information content (AvgIpc) is 2.54. The Labute approximate surface area is 128 Å². The number of benzene rings is 1. The van der Waals surface area contributed by atoms with Gasteiger partial charge in [0.2, 0.25) is 0 Å². The average molecular weight is 282 g/mol. The van der Waals surface area contributed by atoms with E-state index in [9.17, 15) is 5.26 Å². The Bertz CT molecular complexity index is 517. The summed E-state index contributed by atoms with van der Waals surface area (Å²) in [5.74, 6) is 1.07. The van der Waals surface area contributed by atoms with E-state index in [1.807, 2.05) is 0 Å². The van der Waals surface area contributed by atoms with E-state index in [-0.39, 0.29) is 5.92 Å². The van der Waals surface area contributed by atoms with Crippen molar-refractivity contribution in [2.45, 2.75) is 58.0 Å². The van der Waals surface area contributed by atoms with Crippen molar-refractivity contribution in [3.05, 3.63) is 35.4 Å². The van der Waals surface area contributed by atoms with Gasteiger partial charge in [-0.05, 0) is 42.7 Å². The van der Waals surface area contributed by atoms with Crippen LogP contribution < -0.4 is 0 Å². The second-order valence-electron chi connectivity index (χ2n) is 6.76. The van der Waals surface area contributed by atoms with Crippen LogP contribution in [0.2, 0.25) is 0 Å². The fraction of sp³-hybridized carbons (Fsp3) is 0.632. The molecule has 3 unspecified atom stereocenters. The van der Waals surface area contributed by atoms with Crippen molar-refractivity contribution in [1.29, 1.82) is 5.26 Å². The van der Waals surface area contributed by atoms with Gasteiger partial charge in [-0.2, -0.15) is 5.26 Å². The first-order chi connectivity index (χ1) is 10.3. The number of hydrogen-bond donors (Lipinski definition) is 0. The molecule has 1 fully saturated rings. The van der Waals surface area contributed by atoms with Gasteiger partial charge in [-0.25, -0.2) is 0 Å². The van der Waals surface area contributed by atoms with Gasteiger partial charge in [-0.3, -0.25) is 4.90 Å². The molecule has 0 spiro atoms. The predicted molar refractivity (Wildman–Crippen MR) is 85.7 cm³/mol. The van der Waals surface area contributed by atoms with E-state index in [1.54, 1.807) is 0 Å².